The van der Waals surface area contributed by atoms with Crippen molar-refractivity contribution in [2.24, 2.45) is 0 Å². The largest absolute Gasteiger partial charge is 0.370 e. The number of amides is 2. The van der Waals surface area contributed by atoms with Gasteiger partial charge >= 0.3 is 0 Å². The van der Waals surface area contributed by atoms with E-state index in [4.69, 9.17) is 0 Å². The summed E-state index contributed by atoms with van der Waals surface area (Å²) in [6.45, 7) is 5.62. The molecule has 8 nitrogen and oxygen atoms in total. The van der Waals surface area contributed by atoms with Gasteiger partial charge in [-0.1, -0.05) is 66.7 Å². The van der Waals surface area contributed by atoms with Gasteiger partial charge in [-0.15, -0.1) is 0 Å². The lowest BCUT2D eigenvalue weighted by molar-refractivity contribution is -0.122. The van der Waals surface area contributed by atoms with E-state index in [9.17, 15) is 9.59 Å². The fraction of sp³-hybridized carbons (Fsp3) is 0.167. The Hall–Kier alpha value is -5.50. The summed E-state index contributed by atoms with van der Waals surface area (Å²) in [6, 6.07) is 36.9. The highest BCUT2D eigenvalue weighted by molar-refractivity contribution is 5.97. The van der Waals surface area contributed by atoms with Gasteiger partial charge in [0.15, 0.2) is 0 Å². The van der Waals surface area contributed by atoms with Gasteiger partial charge in [0.05, 0.1) is 5.69 Å². The number of carbonyl (C=O) groups excluding carboxylic acids is 2. The van der Waals surface area contributed by atoms with Gasteiger partial charge in [-0.2, -0.15) is 0 Å². The zero-order valence-corrected chi connectivity index (χ0v) is 24.9. The average molecular weight is 585 g/mol. The zero-order chi connectivity index (χ0) is 30.7. The molecule has 8 heteroatoms. The molecule has 0 saturated carbocycles. The number of benzene rings is 4. The van der Waals surface area contributed by atoms with Crippen LogP contribution in [0.25, 0.3) is 22.4 Å². The quantitative estimate of drug-likeness (QED) is 0.159. The van der Waals surface area contributed by atoms with Crippen molar-refractivity contribution in [1.29, 1.82) is 0 Å². The number of nitrogens with one attached hydrogen (secondary N) is 3. The van der Waals surface area contributed by atoms with Crippen molar-refractivity contribution < 1.29 is 9.59 Å². The van der Waals surface area contributed by atoms with E-state index in [0.717, 1.165) is 40.3 Å². The van der Waals surface area contributed by atoms with Crippen LogP contribution in [0.3, 0.4) is 0 Å². The van der Waals surface area contributed by atoms with Crippen LogP contribution in [0, 0.1) is 0 Å². The SMILES string of the molecule is CCN(CCNC(=O)C(C)NC(=O)c1ccccc1)c1ccc(Nc2cc(-c3cccc(-c4ccccc4)c3)ncn2)cc1. The Morgan fingerprint density at radius 3 is 2.18 bits per heavy atom. The van der Waals surface area contributed by atoms with Crippen LogP contribution in [0.5, 0.6) is 0 Å². The van der Waals surface area contributed by atoms with Crippen LogP contribution in [-0.2, 0) is 4.79 Å². The van der Waals surface area contributed by atoms with Crippen LogP contribution >= 0.6 is 0 Å². The summed E-state index contributed by atoms with van der Waals surface area (Å²) in [5.41, 5.74) is 6.62. The van der Waals surface area contributed by atoms with Crippen molar-refractivity contribution in [1.82, 2.24) is 20.6 Å². The van der Waals surface area contributed by atoms with Gasteiger partial charge in [-0.3, -0.25) is 9.59 Å². The van der Waals surface area contributed by atoms with E-state index in [-0.39, 0.29) is 11.8 Å². The number of hydrogen-bond donors (Lipinski definition) is 3. The summed E-state index contributed by atoms with van der Waals surface area (Å²) < 4.78 is 0. The number of rotatable bonds is 12. The molecule has 5 aromatic rings. The number of anilines is 3. The Balaban J connectivity index is 1.15. The number of hydrogen-bond acceptors (Lipinski definition) is 6. The third-order valence-corrected chi connectivity index (χ3v) is 7.28. The Morgan fingerprint density at radius 1 is 0.773 bits per heavy atom. The van der Waals surface area contributed by atoms with Crippen molar-refractivity contribution in [2.45, 2.75) is 19.9 Å². The molecular formula is C36H36N6O2. The van der Waals surface area contributed by atoms with Crippen LogP contribution in [-0.4, -0.2) is 47.5 Å². The first-order valence-corrected chi connectivity index (χ1v) is 14.7. The van der Waals surface area contributed by atoms with E-state index < -0.39 is 6.04 Å². The second-order valence-electron chi connectivity index (χ2n) is 10.3. The van der Waals surface area contributed by atoms with Crippen molar-refractivity contribution in [2.75, 3.05) is 29.9 Å². The van der Waals surface area contributed by atoms with Gasteiger partial charge in [-0.05, 0) is 67.4 Å². The smallest absolute Gasteiger partial charge is 0.251 e. The predicted molar refractivity (Wildman–Crippen MR) is 177 cm³/mol. The van der Waals surface area contributed by atoms with E-state index in [1.807, 2.05) is 60.7 Å². The third-order valence-electron chi connectivity index (χ3n) is 7.28. The Bertz CT molecular complexity index is 1680. The molecule has 0 radical (unpaired) electrons. The van der Waals surface area contributed by atoms with Crippen LogP contribution < -0.4 is 20.9 Å². The molecule has 4 aromatic carbocycles. The molecule has 3 N–H and O–H groups in total. The van der Waals surface area contributed by atoms with E-state index >= 15 is 0 Å². The summed E-state index contributed by atoms with van der Waals surface area (Å²) in [5, 5.41) is 9.06. The molecule has 1 aromatic heterocycles. The van der Waals surface area contributed by atoms with Gasteiger partial charge in [0, 0.05) is 48.2 Å². The lowest BCUT2D eigenvalue weighted by atomic mass is 10.0. The maximum absolute atomic E-state index is 12.6. The van der Waals surface area contributed by atoms with Crippen LogP contribution in [0.4, 0.5) is 17.2 Å². The topological polar surface area (TPSA) is 99.2 Å². The minimum atomic E-state index is -0.641. The van der Waals surface area contributed by atoms with Crippen LogP contribution in [0.1, 0.15) is 24.2 Å². The fourth-order valence-corrected chi connectivity index (χ4v) is 4.85. The molecule has 0 aliphatic heterocycles. The van der Waals surface area contributed by atoms with E-state index in [1.54, 1.807) is 37.5 Å². The van der Waals surface area contributed by atoms with Gasteiger partial charge < -0.3 is 20.9 Å². The molecule has 1 unspecified atom stereocenters. The lowest BCUT2D eigenvalue weighted by Crippen LogP contribution is -2.46. The maximum Gasteiger partial charge on any atom is 0.251 e. The Labute approximate surface area is 258 Å². The molecule has 1 atom stereocenters. The molecule has 0 saturated heterocycles. The van der Waals surface area contributed by atoms with Crippen LogP contribution in [0.2, 0.25) is 0 Å². The van der Waals surface area contributed by atoms with Crippen molar-refractivity contribution in [3.05, 3.63) is 127 Å². The molecule has 0 aliphatic carbocycles. The Morgan fingerprint density at radius 2 is 1.45 bits per heavy atom. The molecule has 1 heterocycles. The molecule has 2 amide bonds. The normalized spacial score (nSPS) is 11.3. The summed E-state index contributed by atoms with van der Waals surface area (Å²) >= 11 is 0. The van der Waals surface area contributed by atoms with Crippen molar-refractivity contribution >= 4 is 29.0 Å². The average Bonchev–Trinajstić information content (AvgIpc) is 3.08. The van der Waals surface area contributed by atoms with Gasteiger partial charge in [0.2, 0.25) is 5.91 Å². The highest BCUT2D eigenvalue weighted by Crippen LogP contribution is 2.27. The minimum absolute atomic E-state index is 0.221. The first kappa shape index (κ1) is 30.0. The van der Waals surface area contributed by atoms with E-state index in [0.29, 0.717) is 24.5 Å². The molecule has 222 valence electrons. The number of likely N-dealkylation sites (N-methyl/N-ethyl adjacent to an activating group) is 1. The minimum Gasteiger partial charge on any atom is -0.370 e. The highest BCUT2D eigenvalue weighted by Gasteiger charge is 2.16. The fourth-order valence-electron chi connectivity index (χ4n) is 4.85. The molecular weight excluding hydrogens is 548 g/mol. The second kappa shape index (κ2) is 14.6. The van der Waals surface area contributed by atoms with Gasteiger partial charge in [0.1, 0.15) is 18.2 Å². The van der Waals surface area contributed by atoms with Crippen molar-refractivity contribution in [3.63, 3.8) is 0 Å². The molecule has 0 spiro atoms. The van der Waals surface area contributed by atoms with E-state index in [1.165, 1.54) is 0 Å². The standard InChI is InChI=1S/C36H36N6O2/c1-3-42(22-21-37-35(43)26(2)40-36(44)28-13-8-5-9-14-28)32-19-17-31(18-20-32)41-34-24-33(38-25-39-34)30-16-10-15-29(23-30)27-11-6-4-7-12-27/h4-20,23-26H,3,21-22H2,1-2H3,(H,37,43)(H,40,44)(H,38,39,41). The monoisotopic (exact) mass is 584 g/mol. The van der Waals surface area contributed by atoms with E-state index in [2.05, 4.69) is 68.1 Å². The molecule has 0 aliphatic rings. The first-order valence-electron chi connectivity index (χ1n) is 14.7. The molecule has 44 heavy (non-hydrogen) atoms. The molecule has 0 fully saturated rings. The van der Waals surface area contributed by atoms with Crippen LogP contribution in [0.15, 0.2) is 122 Å². The van der Waals surface area contributed by atoms with Crippen molar-refractivity contribution in [3.8, 4) is 22.4 Å². The molecule has 0 bridgehead atoms. The van der Waals surface area contributed by atoms with Gasteiger partial charge in [0.25, 0.3) is 5.91 Å². The highest BCUT2D eigenvalue weighted by atomic mass is 16.2. The molecule has 5 rings (SSSR count). The number of carbonyl (C=O) groups is 2. The summed E-state index contributed by atoms with van der Waals surface area (Å²) in [4.78, 5) is 36.0. The predicted octanol–water partition coefficient (Wildman–Crippen LogP) is 6.32. The summed E-state index contributed by atoms with van der Waals surface area (Å²) in [7, 11) is 0. The third kappa shape index (κ3) is 7.86. The summed E-state index contributed by atoms with van der Waals surface area (Å²) in [6.07, 6.45) is 1.57. The zero-order valence-electron chi connectivity index (χ0n) is 24.9. The summed E-state index contributed by atoms with van der Waals surface area (Å²) in [5.74, 6) is 0.213. The first-order chi connectivity index (χ1) is 21.5. The lowest BCUT2D eigenvalue weighted by Gasteiger charge is -2.24. The van der Waals surface area contributed by atoms with Gasteiger partial charge in [-0.25, -0.2) is 9.97 Å². The number of nitrogens with zero attached hydrogens (tertiary/aromatic N) is 3. The Kier molecular flexibility index (Phi) is 9.94. The number of aromatic nitrogens is 2. The maximum atomic E-state index is 12.6. The second-order valence-corrected chi connectivity index (χ2v) is 10.3.